The molecule has 0 radical (unpaired) electrons. The zero-order valence-electron chi connectivity index (χ0n) is 16.7. The zero-order valence-corrected chi connectivity index (χ0v) is 17.7. The van der Waals surface area contributed by atoms with Crippen molar-refractivity contribution in [3.8, 4) is 12.3 Å². The molecule has 6 nitrogen and oxygen atoms in total. The molecule has 144 valence electrons. The van der Waals surface area contributed by atoms with Crippen LogP contribution in [0.1, 0.15) is 48.5 Å². The van der Waals surface area contributed by atoms with Crippen molar-refractivity contribution in [3.63, 3.8) is 0 Å². The largest absolute Gasteiger partial charge is 0.444 e. The number of alkyl carbamates (subject to hydrolysis) is 1. The van der Waals surface area contributed by atoms with E-state index in [1.165, 1.54) is 0 Å². The summed E-state index contributed by atoms with van der Waals surface area (Å²) in [7, 11) is -1.93. The molecule has 0 aromatic heterocycles. The van der Waals surface area contributed by atoms with Crippen LogP contribution in [0.15, 0.2) is 0 Å². The smallest absolute Gasteiger partial charge is 0.408 e. The minimum atomic E-state index is -1.93. The number of carbonyl (C=O) groups excluding carboxylic acids is 2. The van der Waals surface area contributed by atoms with Crippen LogP contribution < -0.4 is 10.6 Å². The van der Waals surface area contributed by atoms with Crippen LogP contribution >= 0.6 is 0 Å². The number of nitrogens with one attached hydrogen (secondary N) is 2. The van der Waals surface area contributed by atoms with Crippen LogP contribution in [0.5, 0.6) is 0 Å². The molecule has 7 heteroatoms. The average Bonchev–Trinajstić information content (AvgIpc) is 2.53. The minimum Gasteiger partial charge on any atom is -0.444 e. The summed E-state index contributed by atoms with van der Waals surface area (Å²) in [5.41, 5.74) is -0.650. The number of rotatable bonds is 9. The lowest BCUT2D eigenvalue weighted by Gasteiger charge is -2.35. The Morgan fingerprint density at radius 1 is 1.16 bits per heavy atom. The van der Waals surface area contributed by atoms with Crippen molar-refractivity contribution >= 4 is 20.3 Å². The van der Waals surface area contributed by atoms with Gasteiger partial charge in [-0.05, 0) is 45.8 Å². The summed E-state index contributed by atoms with van der Waals surface area (Å²) in [4.78, 5) is 24.6. The van der Waals surface area contributed by atoms with E-state index in [1.807, 2.05) is 0 Å². The highest BCUT2D eigenvalue weighted by atomic mass is 28.4. The molecule has 0 fully saturated rings. The molecule has 0 aromatic carbocycles. The number of terminal acetylenes is 1. The maximum atomic E-state index is 12.5. The molecule has 0 spiro atoms. The van der Waals surface area contributed by atoms with Gasteiger partial charge in [-0.25, -0.2) is 4.79 Å². The van der Waals surface area contributed by atoms with Gasteiger partial charge < -0.3 is 19.8 Å². The molecule has 0 heterocycles. The fourth-order valence-electron chi connectivity index (χ4n) is 2.54. The van der Waals surface area contributed by atoms with Crippen molar-refractivity contribution in [2.75, 3.05) is 6.54 Å². The minimum absolute atomic E-state index is 0.0932. The molecule has 2 N–H and O–H groups in total. The third kappa shape index (κ3) is 8.41. The second kappa shape index (κ2) is 10.5. The van der Waals surface area contributed by atoms with Gasteiger partial charge in [0, 0.05) is 0 Å². The Balaban J connectivity index is 5.26. The van der Waals surface area contributed by atoms with Crippen LogP contribution in [0.2, 0.25) is 18.1 Å². The summed E-state index contributed by atoms with van der Waals surface area (Å²) in [6.07, 6.45) is 4.08. The normalized spacial score (nSPS) is 14.2. The first-order chi connectivity index (χ1) is 11.5. The summed E-state index contributed by atoms with van der Waals surface area (Å²) < 4.78 is 11.6. The van der Waals surface area contributed by atoms with Gasteiger partial charge in [-0.3, -0.25) is 4.79 Å². The van der Waals surface area contributed by atoms with Crippen LogP contribution in [0, 0.1) is 12.3 Å². The van der Waals surface area contributed by atoms with Gasteiger partial charge in [0.1, 0.15) is 11.6 Å². The van der Waals surface area contributed by atoms with Gasteiger partial charge in [0.2, 0.25) is 5.91 Å². The van der Waals surface area contributed by atoms with Gasteiger partial charge in [-0.15, -0.1) is 6.42 Å². The topological polar surface area (TPSA) is 76.7 Å². The lowest BCUT2D eigenvalue weighted by atomic mass is 10.1. The summed E-state index contributed by atoms with van der Waals surface area (Å²) in [6, 6.07) is 2.00. The third-order valence-corrected chi connectivity index (χ3v) is 8.90. The highest BCUT2D eigenvalue weighted by Crippen LogP contribution is 2.24. The average molecular weight is 371 g/mol. The van der Waals surface area contributed by atoms with Crippen molar-refractivity contribution < 1.29 is 18.8 Å². The van der Waals surface area contributed by atoms with E-state index in [9.17, 15) is 9.59 Å². The molecule has 0 aliphatic heterocycles. The van der Waals surface area contributed by atoms with E-state index in [1.54, 1.807) is 27.7 Å². The van der Waals surface area contributed by atoms with Crippen LogP contribution in [0.3, 0.4) is 0 Å². The van der Waals surface area contributed by atoms with E-state index in [0.717, 1.165) is 18.1 Å². The van der Waals surface area contributed by atoms with Gasteiger partial charge in [-0.2, -0.15) is 0 Å². The summed E-state index contributed by atoms with van der Waals surface area (Å²) in [6.45, 7) is 13.5. The number of hydrogen-bond acceptors (Lipinski definition) is 4. The van der Waals surface area contributed by atoms with Crippen molar-refractivity contribution in [1.29, 1.82) is 0 Å². The van der Waals surface area contributed by atoms with E-state index < -0.39 is 32.2 Å². The molecule has 25 heavy (non-hydrogen) atoms. The SMILES string of the molecule is C#CCNC(=O)[C@@H](NC(=O)OC(C)(C)C)[C@H](C)O[Si](CC)(CC)CC. The molecule has 0 saturated carbocycles. The van der Waals surface area contributed by atoms with Crippen molar-refractivity contribution in [1.82, 2.24) is 10.6 Å². The fourth-order valence-corrected chi connectivity index (χ4v) is 5.47. The van der Waals surface area contributed by atoms with Gasteiger partial charge in [0.15, 0.2) is 8.32 Å². The van der Waals surface area contributed by atoms with Gasteiger partial charge in [0.25, 0.3) is 0 Å². The second-order valence-corrected chi connectivity index (χ2v) is 11.8. The second-order valence-electron chi connectivity index (χ2n) is 7.11. The predicted molar refractivity (Wildman–Crippen MR) is 103 cm³/mol. The van der Waals surface area contributed by atoms with Crippen molar-refractivity contribution in [2.45, 2.75) is 84.3 Å². The van der Waals surface area contributed by atoms with E-state index in [-0.39, 0.29) is 12.5 Å². The molecule has 0 aliphatic rings. The molecule has 2 atom stereocenters. The highest BCUT2D eigenvalue weighted by molar-refractivity contribution is 6.73. The molecule has 0 unspecified atom stereocenters. The molecular formula is C18H34N2O4Si. The highest BCUT2D eigenvalue weighted by Gasteiger charge is 2.36. The summed E-state index contributed by atoms with van der Waals surface area (Å²) in [5, 5.41) is 5.24. The van der Waals surface area contributed by atoms with Gasteiger partial charge in [0.05, 0.1) is 12.6 Å². The Morgan fingerprint density at radius 2 is 1.68 bits per heavy atom. The Hall–Kier alpha value is -1.52. The molecular weight excluding hydrogens is 336 g/mol. The lowest BCUT2D eigenvalue weighted by molar-refractivity contribution is -0.125. The zero-order chi connectivity index (χ0) is 19.7. The van der Waals surface area contributed by atoms with E-state index in [0.29, 0.717) is 0 Å². The monoisotopic (exact) mass is 370 g/mol. The fraction of sp³-hybridized carbons (Fsp3) is 0.778. The Kier molecular flexibility index (Phi) is 9.83. The quantitative estimate of drug-likeness (QED) is 0.483. The van der Waals surface area contributed by atoms with E-state index in [2.05, 4.69) is 37.3 Å². The Morgan fingerprint density at radius 3 is 2.08 bits per heavy atom. The number of hydrogen-bond donors (Lipinski definition) is 2. The van der Waals surface area contributed by atoms with E-state index >= 15 is 0 Å². The van der Waals surface area contributed by atoms with Crippen molar-refractivity contribution in [3.05, 3.63) is 0 Å². The first kappa shape index (κ1) is 23.5. The molecule has 0 aromatic rings. The van der Waals surface area contributed by atoms with E-state index in [4.69, 9.17) is 15.6 Å². The first-order valence-corrected chi connectivity index (χ1v) is 11.5. The molecule has 0 aliphatic carbocycles. The lowest BCUT2D eigenvalue weighted by Crippen LogP contribution is -2.56. The van der Waals surface area contributed by atoms with Gasteiger partial charge >= 0.3 is 6.09 Å². The van der Waals surface area contributed by atoms with Crippen LogP contribution in [-0.4, -0.2) is 44.6 Å². The summed E-state index contributed by atoms with van der Waals surface area (Å²) >= 11 is 0. The maximum Gasteiger partial charge on any atom is 0.408 e. The molecule has 0 bridgehead atoms. The summed E-state index contributed by atoms with van der Waals surface area (Å²) in [5.74, 6) is 1.99. The number of ether oxygens (including phenoxy) is 1. The first-order valence-electron chi connectivity index (χ1n) is 8.92. The molecule has 2 amide bonds. The predicted octanol–water partition coefficient (Wildman–Crippen LogP) is 3.04. The Labute approximate surface area is 153 Å². The van der Waals surface area contributed by atoms with Crippen molar-refractivity contribution in [2.24, 2.45) is 0 Å². The molecule has 0 rings (SSSR count). The Bertz CT molecular complexity index is 470. The van der Waals surface area contributed by atoms with Crippen LogP contribution in [0.4, 0.5) is 4.79 Å². The maximum absolute atomic E-state index is 12.5. The molecule has 0 saturated heterocycles. The number of carbonyl (C=O) groups is 2. The van der Waals surface area contributed by atoms with Crippen LogP contribution in [0.25, 0.3) is 0 Å². The van der Waals surface area contributed by atoms with Gasteiger partial charge in [-0.1, -0.05) is 26.7 Å². The standard InChI is InChI=1S/C18H34N2O4Si/c1-9-13-19-16(21)15(20-17(22)23-18(6,7)8)14(5)24-25(10-2,11-3)12-4/h1,14-15H,10-13H2,2-8H3,(H,19,21)(H,20,22)/t14-,15-/m0/s1. The number of amides is 2. The van der Waals surface area contributed by atoms with Crippen LogP contribution in [-0.2, 0) is 14.0 Å². The third-order valence-electron chi connectivity index (χ3n) is 4.16.